The van der Waals surface area contributed by atoms with Crippen LogP contribution in [0.1, 0.15) is 46.2 Å². The third-order valence-corrected chi connectivity index (χ3v) is 5.71. The minimum atomic E-state index is -0.469. The van der Waals surface area contributed by atoms with E-state index in [2.05, 4.69) is 25.4 Å². The van der Waals surface area contributed by atoms with Crippen molar-refractivity contribution < 1.29 is 14.1 Å². The first-order chi connectivity index (χ1) is 16.0. The fourth-order valence-corrected chi connectivity index (χ4v) is 3.93. The van der Waals surface area contributed by atoms with E-state index in [4.69, 9.17) is 4.52 Å². The predicted octanol–water partition coefficient (Wildman–Crippen LogP) is 4.30. The molecule has 5 rings (SSSR count). The van der Waals surface area contributed by atoms with Crippen LogP contribution in [0.5, 0.6) is 0 Å². The van der Waals surface area contributed by atoms with Crippen LogP contribution in [0.15, 0.2) is 59.4 Å². The van der Waals surface area contributed by atoms with Crippen LogP contribution in [-0.2, 0) is 13.0 Å². The first-order valence-electron chi connectivity index (χ1n) is 10.6. The molecular formula is C24H22N6O3. The molecule has 9 nitrogen and oxygen atoms in total. The number of carbonyl (C=O) groups excluding carboxylic acids is 2. The van der Waals surface area contributed by atoms with Gasteiger partial charge in [-0.05, 0) is 44.2 Å². The van der Waals surface area contributed by atoms with Crippen molar-refractivity contribution >= 4 is 17.5 Å². The molecule has 166 valence electrons. The lowest BCUT2D eigenvalue weighted by molar-refractivity contribution is 0.101. The molecule has 0 aliphatic carbocycles. The van der Waals surface area contributed by atoms with E-state index in [0.29, 0.717) is 35.9 Å². The zero-order chi connectivity index (χ0) is 22.9. The molecule has 2 N–H and O–H groups in total. The maximum absolute atomic E-state index is 13.2. The third kappa shape index (κ3) is 4.12. The minimum absolute atomic E-state index is 0.0310. The van der Waals surface area contributed by atoms with Crippen LogP contribution in [-0.4, -0.2) is 36.8 Å². The zero-order valence-corrected chi connectivity index (χ0v) is 18.2. The Morgan fingerprint density at radius 3 is 2.76 bits per heavy atom. The van der Waals surface area contributed by atoms with Gasteiger partial charge in [0.15, 0.2) is 5.78 Å². The molecule has 4 aromatic rings. The van der Waals surface area contributed by atoms with E-state index in [0.717, 1.165) is 22.5 Å². The molecule has 2 aromatic carbocycles. The number of aromatic amines is 1. The summed E-state index contributed by atoms with van der Waals surface area (Å²) in [5, 5.41) is 7.04. The first kappa shape index (κ1) is 20.6. The van der Waals surface area contributed by atoms with Crippen molar-refractivity contribution in [3.05, 3.63) is 83.3 Å². The second-order valence-corrected chi connectivity index (χ2v) is 8.06. The van der Waals surface area contributed by atoms with Crippen LogP contribution in [0.4, 0.5) is 10.5 Å². The number of ketones is 1. The molecule has 0 saturated carbocycles. The molecule has 0 radical (unpaired) electrons. The molecule has 0 saturated heterocycles. The standard InChI is InChI=1S/C24H22N6O3/c1-14-4-3-5-17(10-14)22-28-23(33-29-22)21-11-19-20(26-13-25-19)12-30(21)24(32)27-18-8-6-16(7-9-18)15(2)31/h3-10,13,21H,11-12H2,1-2H3,(H,25,26)(H,27,32)/t21-/m0/s1. The number of rotatable bonds is 4. The number of hydrogen-bond acceptors (Lipinski definition) is 6. The number of hydrogen-bond donors (Lipinski definition) is 2. The van der Waals surface area contributed by atoms with Gasteiger partial charge >= 0.3 is 6.03 Å². The van der Waals surface area contributed by atoms with Crippen LogP contribution in [0.2, 0.25) is 0 Å². The maximum atomic E-state index is 13.2. The number of anilines is 1. The molecule has 1 aliphatic rings. The minimum Gasteiger partial charge on any atom is -0.347 e. The van der Waals surface area contributed by atoms with Crippen molar-refractivity contribution in [1.82, 2.24) is 25.0 Å². The molecule has 0 fully saturated rings. The lowest BCUT2D eigenvalue weighted by atomic mass is 10.0. The highest BCUT2D eigenvalue weighted by atomic mass is 16.5. The van der Waals surface area contributed by atoms with E-state index >= 15 is 0 Å². The largest absolute Gasteiger partial charge is 0.347 e. The van der Waals surface area contributed by atoms with Gasteiger partial charge in [-0.25, -0.2) is 9.78 Å². The van der Waals surface area contributed by atoms with Gasteiger partial charge < -0.3 is 19.7 Å². The second kappa shape index (κ2) is 8.34. The van der Waals surface area contributed by atoms with Gasteiger partial charge in [0, 0.05) is 23.2 Å². The van der Waals surface area contributed by atoms with Gasteiger partial charge in [0.25, 0.3) is 0 Å². The second-order valence-electron chi connectivity index (χ2n) is 8.06. The summed E-state index contributed by atoms with van der Waals surface area (Å²) in [5.74, 6) is 0.792. The van der Waals surface area contributed by atoms with E-state index < -0.39 is 6.04 Å². The molecule has 1 atom stereocenters. The third-order valence-electron chi connectivity index (χ3n) is 5.71. The topological polar surface area (TPSA) is 117 Å². The first-order valence-corrected chi connectivity index (χ1v) is 10.6. The highest BCUT2D eigenvalue weighted by Gasteiger charge is 2.36. The van der Waals surface area contributed by atoms with Crippen molar-refractivity contribution in [2.45, 2.75) is 32.9 Å². The van der Waals surface area contributed by atoms with Crippen LogP contribution in [0.25, 0.3) is 11.4 Å². The molecule has 1 aliphatic heterocycles. The monoisotopic (exact) mass is 442 g/mol. The summed E-state index contributed by atoms with van der Waals surface area (Å²) in [4.78, 5) is 38.5. The van der Waals surface area contributed by atoms with Crippen molar-refractivity contribution in [3.63, 3.8) is 0 Å². The van der Waals surface area contributed by atoms with Gasteiger partial charge in [-0.15, -0.1) is 0 Å². The summed E-state index contributed by atoms with van der Waals surface area (Å²) in [5.41, 5.74) is 4.85. The van der Waals surface area contributed by atoms with Gasteiger partial charge in [-0.2, -0.15) is 4.98 Å². The SMILES string of the molecule is CC(=O)c1ccc(NC(=O)N2Cc3[nH]cnc3C[C@H]2c2nc(-c3cccc(C)c3)no2)cc1. The Hall–Kier alpha value is -4.27. The molecule has 2 aromatic heterocycles. The number of aromatic nitrogens is 4. The number of carbonyl (C=O) groups is 2. The number of urea groups is 1. The Kier molecular flexibility index (Phi) is 5.21. The summed E-state index contributed by atoms with van der Waals surface area (Å²) in [7, 11) is 0. The normalized spacial score (nSPS) is 15.2. The maximum Gasteiger partial charge on any atom is 0.322 e. The smallest absolute Gasteiger partial charge is 0.322 e. The van der Waals surface area contributed by atoms with Crippen molar-refractivity contribution in [3.8, 4) is 11.4 Å². The summed E-state index contributed by atoms with van der Waals surface area (Å²) in [6.45, 7) is 3.82. The van der Waals surface area contributed by atoms with E-state index in [1.807, 2.05) is 31.2 Å². The van der Waals surface area contributed by atoms with E-state index in [1.54, 1.807) is 35.5 Å². The Morgan fingerprint density at radius 1 is 1.18 bits per heavy atom. The lowest BCUT2D eigenvalue weighted by Gasteiger charge is -2.32. The summed E-state index contributed by atoms with van der Waals surface area (Å²) in [6.07, 6.45) is 2.07. The quantitative estimate of drug-likeness (QED) is 0.455. The Bertz CT molecular complexity index is 1320. The molecule has 33 heavy (non-hydrogen) atoms. The van der Waals surface area contributed by atoms with Gasteiger partial charge in [-0.1, -0.05) is 28.9 Å². The van der Waals surface area contributed by atoms with Crippen LogP contribution in [0.3, 0.4) is 0 Å². The van der Waals surface area contributed by atoms with Gasteiger partial charge in [0.05, 0.1) is 24.3 Å². The number of nitrogens with zero attached hydrogens (tertiary/aromatic N) is 4. The highest BCUT2D eigenvalue weighted by molar-refractivity contribution is 5.95. The fraction of sp³-hybridized carbons (Fsp3) is 0.208. The van der Waals surface area contributed by atoms with E-state index in [-0.39, 0.29) is 11.8 Å². The lowest BCUT2D eigenvalue weighted by Crippen LogP contribution is -2.41. The number of imidazole rings is 1. The molecule has 0 spiro atoms. The summed E-state index contributed by atoms with van der Waals surface area (Å²) < 4.78 is 5.60. The van der Waals surface area contributed by atoms with Gasteiger partial charge in [-0.3, -0.25) is 4.79 Å². The Labute approximate surface area is 189 Å². The van der Waals surface area contributed by atoms with Crippen LogP contribution >= 0.6 is 0 Å². The van der Waals surface area contributed by atoms with Crippen LogP contribution < -0.4 is 5.32 Å². The Balaban J connectivity index is 1.42. The molecule has 2 amide bonds. The molecule has 0 unspecified atom stereocenters. The number of aryl methyl sites for hydroxylation is 1. The van der Waals surface area contributed by atoms with Crippen molar-refractivity contribution in [2.24, 2.45) is 0 Å². The highest BCUT2D eigenvalue weighted by Crippen LogP contribution is 2.32. The molecule has 3 heterocycles. The number of nitrogens with one attached hydrogen (secondary N) is 2. The molecular weight excluding hydrogens is 420 g/mol. The number of H-pyrrole nitrogens is 1. The number of benzene rings is 2. The average Bonchev–Trinajstić information content (AvgIpc) is 3.48. The summed E-state index contributed by atoms with van der Waals surface area (Å²) in [6, 6.07) is 13.8. The molecule has 9 heteroatoms. The average molecular weight is 442 g/mol. The van der Waals surface area contributed by atoms with Crippen molar-refractivity contribution in [1.29, 1.82) is 0 Å². The van der Waals surface area contributed by atoms with E-state index in [1.165, 1.54) is 6.92 Å². The molecule has 0 bridgehead atoms. The number of amides is 2. The fourth-order valence-electron chi connectivity index (χ4n) is 3.93. The Morgan fingerprint density at radius 2 is 2.00 bits per heavy atom. The summed E-state index contributed by atoms with van der Waals surface area (Å²) >= 11 is 0. The van der Waals surface area contributed by atoms with E-state index in [9.17, 15) is 9.59 Å². The van der Waals surface area contributed by atoms with Gasteiger partial charge in [0.2, 0.25) is 11.7 Å². The van der Waals surface area contributed by atoms with Crippen LogP contribution in [0, 0.1) is 6.92 Å². The zero-order valence-electron chi connectivity index (χ0n) is 18.2. The van der Waals surface area contributed by atoms with Gasteiger partial charge in [0.1, 0.15) is 6.04 Å². The number of fused-ring (bicyclic) bond motifs is 1. The van der Waals surface area contributed by atoms with Crippen molar-refractivity contribution in [2.75, 3.05) is 5.32 Å². The predicted molar refractivity (Wildman–Crippen MR) is 121 cm³/mol. The number of Topliss-reactive ketones (excluding diaryl/α,β-unsaturated/α-hetero) is 1.